The van der Waals surface area contributed by atoms with Crippen molar-refractivity contribution in [2.75, 3.05) is 51.0 Å². The van der Waals surface area contributed by atoms with Crippen LogP contribution < -0.4 is 15.0 Å². The third-order valence-corrected chi connectivity index (χ3v) is 9.38. The van der Waals surface area contributed by atoms with Crippen LogP contribution in [0.2, 0.25) is 0 Å². The summed E-state index contributed by atoms with van der Waals surface area (Å²) in [5.74, 6) is -0.328. The summed E-state index contributed by atoms with van der Waals surface area (Å²) in [7, 11) is 0. The van der Waals surface area contributed by atoms with E-state index in [1.165, 1.54) is 6.07 Å². The second-order valence-electron chi connectivity index (χ2n) is 11.7. The number of fused-ring (bicyclic) bond motifs is 4. The lowest BCUT2D eigenvalue weighted by Crippen LogP contribution is -2.51. The van der Waals surface area contributed by atoms with Crippen LogP contribution in [0.5, 0.6) is 6.01 Å². The van der Waals surface area contributed by atoms with Gasteiger partial charge in [0.25, 0.3) is 0 Å². The number of hydrogen-bond donors (Lipinski definition) is 1. The molecule has 4 aromatic rings. The van der Waals surface area contributed by atoms with Gasteiger partial charge in [0.15, 0.2) is 5.82 Å². The third-order valence-electron chi connectivity index (χ3n) is 9.38. The van der Waals surface area contributed by atoms with Crippen LogP contribution in [0.1, 0.15) is 31.2 Å². The van der Waals surface area contributed by atoms with Gasteiger partial charge >= 0.3 is 6.01 Å². The zero-order valence-corrected chi connectivity index (χ0v) is 22.8. The van der Waals surface area contributed by atoms with Crippen LogP contribution in [0, 0.1) is 11.6 Å². The van der Waals surface area contributed by atoms with Gasteiger partial charge in [0.1, 0.15) is 29.5 Å². The zero-order valence-electron chi connectivity index (χ0n) is 22.8. The molecule has 0 amide bonds. The number of nitrogens with one attached hydrogen (secondary N) is 1. The number of rotatable bonds is 3. The van der Waals surface area contributed by atoms with E-state index in [-0.39, 0.29) is 34.7 Å². The standard InChI is InChI=1S/C31H32F2N6O2/c32-24-7-6-19-4-1-5-22-25(19)21(24)8-13-40-20-14-34-18-38(16-20)29-23-15-35-27(22)26(33)28(23)36-30(37-29)41-17-31-9-2-11-39(31)12-3-10-31/h1,4-7,15,20,34H,2-3,8-14,16-18H2. The number of pyridine rings is 1. The molecule has 5 aliphatic rings. The summed E-state index contributed by atoms with van der Waals surface area (Å²) in [6.45, 7) is 4.71. The Morgan fingerprint density at radius 1 is 1.10 bits per heavy atom. The van der Waals surface area contributed by atoms with E-state index in [4.69, 9.17) is 14.5 Å². The molecule has 1 N–H and O–H groups in total. The van der Waals surface area contributed by atoms with E-state index >= 15 is 8.78 Å². The Bertz CT molecular complexity index is 1660. The summed E-state index contributed by atoms with van der Waals surface area (Å²) in [5, 5.41) is 5.37. The zero-order chi connectivity index (χ0) is 27.6. The summed E-state index contributed by atoms with van der Waals surface area (Å²) in [5.41, 5.74) is 1.32. The monoisotopic (exact) mass is 558 g/mol. The SMILES string of the molecule is Fc1ccc2cccc3c2c1CCOC1CNCN(C1)c1nc(OCC24CCCN2CCC4)nc2c(F)c-3ncc12. The van der Waals surface area contributed by atoms with Gasteiger partial charge in [-0.05, 0) is 67.6 Å². The largest absolute Gasteiger partial charge is 0.461 e. The van der Waals surface area contributed by atoms with Gasteiger partial charge in [-0.15, -0.1) is 0 Å². The molecule has 0 aliphatic carbocycles. The number of ether oxygens (including phenoxy) is 2. The van der Waals surface area contributed by atoms with Crippen LogP contribution in [-0.2, 0) is 11.2 Å². The van der Waals surface area contributed by atoms with Crippen LogP contribution in [0.15, 0.2) is 36.5 Å². The van der Waals surface area contributed by atoms with Gasteiger partial charge < -0.3 is 14.4 Å². The highest BCUT2D eigenvalue weighted by Crippen LogP contribution is 2.40. The number of hydrogen-bond acceptors (Lipinski definition) is 8. The summed E-state index contributed by atoms with van der Waals surface area (Å²) in [6.07, 6.45) is 6.33. The third kappa shape index (κ3) is 4.14. The fraction of sp³-hybridized carbons (Fsp3) is 0.452. The summed E-state index contributed by atoms with van der Waals surface area (Å²) in [4.78, 5) is 18.6. The molecule has 8 nitrogen and oxygen atoms in total. The lowest BCUT2D eigenvalue weighted by Gasteiger charge is -2.35. The highest BCUT2D eigenvalue weighted by atomic mass is 19.1. The molecule has 41 heavy (non-hydrogen) atoms. The van der Waals surface area contributed by atoms with Crippen molar-refractivity contribution in [3.8, 4) is 17.3 Å². The Labute approximate surface area is 236 Å². The predicted octanol–water partition coefficient (Wildman–Crippen LogP) is 4.44. The van der Waals surface area contributed by atoms with Crippen LogP contribution in [0.3, 0.4) is 0 Å². The van der Waals surface area contributed by atoms with E-state index < -0.39 is 5.82 Å². The first-order valence-corrected chi connectivity index (χ1v) is 14.6. The molecule has 0 radical (unpaired) electrons. The van der Waals surface area contributed by atoms with Crippen molar-refractivity contribution in [3.05, 3.63) is 53.7 Å². The van der Waals surface area contributed by atoms with Crippen molar-refractivity contribution in [2.45, 2.75) is 43.7 Å². The van der Waals surface area contributed by atoms with Gasteiger partial charge in [0, 0.05) is 24.8 Å². The van der Waals surface area contributed by atoms with Crippen LogP contribution >= 0.6 is 0 Å². The summed E-state index contributed by atoms with van der Waals surface area (Å²) in [6, 6.07) is 8.91. The molecule has 6 bridgehead atoms. The second-order valence-corrected chi connectivity index (χ2v) is 11.7. The first-order chi connectivity index (χ1) is 20.1. The van der Waals surface area contributed by atoms with E-state index in [9.17, 15) is 0 Å². The van der Waals surface area contributed by atoms with Gasteiger partial charge in [-0.2, -0.15) is 9.97 Å². The Hall–Kier alpha value is -3.47. The number of aromatic nitrogens is 3. The van der Waals surface area contributed by atoms with E-state index in [2.05, 4.69) is 20.2 Å². The van der Waals surface area contributed by atoms with E-state index in [0.717, 1.165) is 44.2 Å². The van der Waals surface area contributed by atoms with E-state index in [0.29, 0.717) is 67.1 Å². The average Bonchev–Trinajstić information content (AvgIpc) is 3.58. The van der Waals surface area contributed by atoms with Crippen molar-refractivity contribution in [1.29, 1.82) is 0 Å². The molecule has 7 heterocycles. The lowest BCUT2D eigenvalue weighted by atomic mass is 9.94. The molecule has 5 aliphatic heterocycles. The molecular weight excluding hydrogens is 526 g/mol. The molecule has 2 aromatic carbocycles. The average molecular weight is 559 g/mol. The minimum atomic E-state index is -0.560. The molecule has 0 saturated carbocycles. The molecule has 9 rings (SSSR count). The molecule has 1 unspecified atom stereocenters. The van der Waals surface area contributed by atoms with E-state index in [1.54, 1.807) is 18.3 Å². The minimum absolute atomic E-state index is 0.00642. The Morgan fingerprint density at radius 3 is 2.85 bits per heavy atom. The number of nitrogens with zero attached hydrogens (tertiary/aromatic N) is 5. The smallest absolute Gasteiger partial charge is 0.319 e. The van der Waals surface area contributed by atoms with Gasteiger partial charge in [-0.3, -0.25) is 15.2 Å². The first-order valence-electron chi connectivity index (χ1n) is 14.6. The second kappa shape index (κ2) is 9.82. The maximum Gasteiger partial charge on any atom is 0.319 e. The molecule has 0 spiro atoms. The van der Waals surface area contributed by atoms with Gasteiger partial charge in [0.05, 0.1) is 30.3 Å². The normalized spacial score (nSPS) is 22.0. The van der Waals surface area contributed by atoms with E-state index in [1.807, 2.05) is 17.0 Å². The molecule has 2 aromatic heterocycles. The topological polar surface area (TPSA) is 75.6 Å². The van der Waals surface area contributed by atoms with Crippen LogP contribution in [0.4, 0.5) is 14.6 Å². The van der Waals surface area contributed by atoms with Crippen molar-refractivity contribution < 1.29 is 18.3 Å². The molecule has 3 fully saturated rings. The highest BCUT2D eigenvalue weighted by Gasteiger charge is 2.45. The summed E-state index contributed by atoms with van der Waals surface area (Å²) < 4.78 is 44.5. The van der Waals surface area contributed by atoms with Gasteiger partial charge in [-0.25, -0.2) is 8.78 Å². The molecule has 10 heteroatoms. The van der Waals surface area contributed by atoms with Crippen LogP contribution in [0.25, 0.3) is 32.9 Å². The number of benzene rings is 2. The van der Waals surface area contributed by atoms with Crippen molar-refractivity contribution in [2.24, 2.45) is 0 Å². The highest BCUT2D eigenvalue weighted by molar-refractivity contribution is 6.00. The maximum atomic E-state index is 16.6. The summed E-state index contributed by atoms with van der Waals surface area (Å²) >= 11 is 0. The number of halogens is 2. The Balaban J connectivity index is 1.31. The van der Waals surface area contributed by atoms with Crippen molar-refractivity contribution in [3.63, 3.8) is 0 Å². The van der Waals surface area contributed by atoms with Gasteiger partial charge in [-0.1, -0.05) is 24.3 Å². The van der Waals surface area contributed by atoms with Crippen molar-refractivity contribution >= 4 is 27.5 Å². The minimum Gasteiger partial charge on any atom is -0.461 e. The molecular formula is C31H32F2N6O2. The van der Waals surface area contributed by atoms with Gasteiger partial charge in [0.2, 0.25) is 0 Å². The molecule has 1 atom stereocenters. The van der Waals surface area contributed by atoms with Crippen molar-refractivity contribution in [1.82, 2.24) is 25.2 Å². The fourth-order valence-electron chi connectivity index (χ4n) is 7.38. The number of anilines is 1. The van der Waals surface area contributed by atoms with Crippen LogP contribution in [-0.4, -0.2) is 77.6 Å². The quantitative estimate of drug-likeness (QED) is 0.396. The first kappa shape index (κ1) is 25.3. The fourth-order valence-corrected chi connectivity index (χ4v) is 7.38. The molecule has 3 saturated heterocycles. The Kier molecular flexibility index (Phi) is 6.05. The Morgan fingerprint density at radius 2 is 1.98 bits per heavy atom. The predicted molar refractivity (Wildman–Crippen MR) is 152 cm³/mol. The lowest BCUT2D eigenvalue weighted by molar-refractivity contribution is 0.0512. The molecule has 212 valence electrons. The maximum absolute atomic E-state index is 16.6.